The first-order valence-corrected chi connectivity index (χ1v) is 11.8. The largest absolute Gasteiger partial charge is 0.252 e. The predicted molar refractivity (Wildman–Crippen MR) is 134 cm³/mol. The van der Waals surface area contributed by atoms with Gasteiger partial charge in [0.05, 0.1) is 11.2 Å². The molecule has 0 saturated carbocycles. The van der Waals surface area contributed by atoms with Gasteiger partial charge in [-0.3, -0.25) is 4.99 Å². The molecule has 33 heavy (non-hydrogen) atoms. The molecule has 160 valence electrons. The minimum Gasteiger partial charge on any atom is -0.252 e. The highest BCUT2D eigenvalue weighted by Crippen LogP contribution is 2.47. The fourth-order valence-corrected chi connectivity index (χ4v) is 5.48. The Kier molecular flexibility index (Phi) is 5.00. The Hall–Kier alpha value is -3.77. The summed E-state index contributed by atoms with van der Waals surface area (Å²) in [6.45, 7) is 2.11. The van der Waals surface area contributed by atoms with E-state index in [2.05, 4.69) is 83.7 Å². The average molecular weight is 448 g/mol. The highest BCUT2D eigenvalue weighted by Gasteiger charge is 2.26. The molecule has 3 aromatic carbocycles. The van der Waals surface area contributed by atoms with Crippen molar-refractivity contribution in [3.63, 3.8) is 0 Å². The van der Waals surface area contributed by atoms with Crippen LogP contribution in [-0.4, -0.2) is 25.5 Å². The first kappa shape index (κ1) is 19.9. The van der Waals surface area contributed by atoms with Crippen molar-refractivity contribution in [3.05, 3.63) is 108 Å². The molecular formula is C27H21N5S. The number of nitrogens with zero attached hydrogens (tertiary/aromatic N) is 5. The van der Waals surface area contributed by atoms with E-state index in [0.717, 1.165) is 45.7 Å². The van der Waals surface area contributed by atoms with Crippen LogP contribution in [-0.2, 0) is 0 Å². The summed E-state index contributed by atoms with van der Waals surface area (Å²) in [5, 5.41) is 5.66. The lowest BCUT2D eigenvalue weighted by molar-refractivity contribution is 0.824. The predicted octanol–water partition coefficient (Wildman–Crippen LogP) is 6.48. The summed E-state index contributed by atoms with van der Waals surface area (Å²) in [6, 6.07) is 27.4. The smallest absolute Gasteiger partial charge is 0.160 e. The van der Waals surface area contributed by atoms with Gasteiger partial charge < -0.3 is 0 Å². The van der Waals surface area contributed by atoms with Crippen molar-refractivity contribution >= 4 is 34.1 Å². The van der Waals surface area contributed by atoms with E-state index >= 15 is 0 Å². The van der Waals surface area contributed by atoms with Crippen LogP contribution in [0.25, 0.3) is 16.7 Å². The molecule has 0 fully saturated rings. The number of para-hydroxylation sites is 1. The summed E-state index contributed by atoms with van der Waals surface area (Å²) in [5.41, 5.74) is 6.53. The number of hydrogen-bond acceptors (Lipinski definition) is 5. The van der Waals surface area contributed by atoms with Gasteiger partial charge in [-0.1, -0.05) is 54.1 Å². The Morgan fingerprint density at radius 2 is 1.79 bits per heavy atom. The van der Waals surface area contributed by atoms with Gasteiger partial charge in [-0.05, 0) is 42.8 Å². The summed E-state index contributed by atoms with van der Waals surface area (Å²) in [7, 11) is 0. The lowest BCUT2D eigenvalue weighted by atomic mass is 10.00. The molecule has 5 nitrogen and oxygen atoms in total. The Labute approximate surface area is 196 Å². The molecule has 2 aromatic heterocycles. The van der Waals surface area contributed by atoms with Crippen LogP contribution in [0.5, 0.6) is 0 Å². The second-order valence-corrected chi connectivity index (χ2v) is 9.38. The van der Waals surface area contributed by atoms with Gasteiger partial charge in [-0.2, -0.15) is 5.10 Å². The van der Waals surface area contributed by atoms with Crippen LogP contribution in [0.1, 0.15) is 28.4 Å². The van der Waals surface area contributed by atoms with Crippen molar-refractivity contribution in [2.24, 2.45) is 4.99 Å². The van der Waals surface area contributed by atoms with Crippen molar-refractivity contribution in [2.45, 2.75) is 23.5 Å². The molecule has 0 saturated heterocycles. The van der Waals surface area contributed by atoms with E-state index < -0.39 is 0 Å². The Morgan fingerprint density at radius 3 is 2.64 bits per heavy atom. The van der Waals surface area contributed by atoms with Gasteiger partial charge in [0.15, 0.2) is 5.82 Å². The van der Waals surface area contributed by atoms with Crippen molar-refractivity contribution < 1.29 is 0 Å². The van der Waals surface area contributed by atoms with E-state index in [1.54, 1.807) is 17.3 Å². The second kappa shape index (κ2) is 8.30. The first-order valence-electron chi connectivity index (χ1n) is 10.9. The molecule has 6 rings (SSSR count). The van der Waals surface area contributed by atoms with Crippen LogP contribution in [0.2, 0.25) is 0 Å². The number of hydrogen-bond donors (Lipinski definition) is 0. The highest BCUT2D eigenvalue weighted by atomic mass is 32.2. The number of aryl methyl sites for hydroxylation is 1. The van der Waals surface area contributed by atoms with Crippen LogP contribution in [0.15, 0.2) is 101 Å². The number of thioether (sulfide) groups is 1. The summed E-state index contributed by atoms with van der Waals surface area (Å²) >= 11 is 1.84. The zero-order chi connectivity index (χ0) is 22.2. The lowest BCUT2D eigenvalue weighted by Crippen LogP contribution is -2.10. The van der Waals surface area contributed by atoms with Gasteiger partial charge in [0.25, 0.3) is 0 Å². The van der Waals surface area contributed by atoms with Crippen LogP contribution < -0.4 is 0 Å². The Morgan fingerprint density at radius 1 is 0.939 bits per heavy atom. The third-order valence-electron chi connectivity index (χ3n) is 5.84. The minimum absolute atomic E-state index is 0.115. The zero-order valence-corrected chi connectivity index (χ0v) is 18.9. The molecule has 0 radical (unpaired) electrons. The quantitative estimate of drug-likeness (QED) is 0.318. The molecule has 1 atom stereocenters. The maximum absolute atomic E-state index is 5.09. The highest BCUT2D eigenvalue weighted by molar-refractivity contribution is 7.99. The van der Waals surface area contributed by atoms with Gasteiger partial charge in [-0.25, -0.2) is 14.6 Å². The van der Waals surface area contributed by atoms with E-state index in [1.807, 2.05) is 23.9 Å². The first-order chi connectivity index (χ1) is 16.2. The molecule has 0 amide bonds. The molecular weight excluding hydrogens is 426 g/mol. The normalized spacial score (nSPS) is 15.7. The molecule has 0 aliphatic carbocycles. The van der Waals surface area contributed by atoms with Gasteiger partial charge in [0.1, 0.15) is 12.7 Å². The molecule has 5 aromatic rings. The maximum Gasteiger partial charge on any atom is 0.160 e. The Balaban J connectivity index is 1.55. The number of pyridine rings is 1. The Bertz CT molecular complexity index is 1480. The molecule has 0 N–H and O–H groups in total. The molecule has 1 aliphatic rings. The third-order valence-corrected chi connectivity index (χ3v) is 7.14. The molecule has 0 spiro atoms. The van der Waals surface area contributed by atoms with Crippen molar-refractivity contribution in [2.75, 3.05) is 0 Å². The zero-order valence-electron chi connectivity index (χ0n) is 18.1. The van der Waals surface area contributed by atoms with E-state index in [-0.39, 0.29) is 5.25 Å². The van der Waals surface area contributed by atoms with E-state index in [1.165, 1.54) is 10.5 Å². The monoisotopic (exact) mass is 447 g/mol. The summed E-state index contributed by atoms with van der Waals surface area (Å²) in [5.74, 6) is 0.813. The number of aliphatic imine (C=N–C) groups is 1. The molecule has 6 heteroatoms. The van der Waals surface area contributed by atoms with Crippen molar-refractivity contribution in [1.29, 1.82) is 0 Å². The van der Waals surface area contributed by atoms with Crippen LogP contribution in [0.4, 0.5) is 5.69 Å². The topological polar surface area (TPSA) is 56.0 Å². The number of rotatable bonds is 3. The summed E-state index contributed by atoms with van der Waals surface area (Å²) < 4.78 is 1.77. The van der Waals surface area contributed by atoms with E-state index in [0.29, 0.717) is 0 Å². The van der Waals surface area contributed by atoms with Gasteiger partial charge >= 0.3 is 0 Å². The third kappa shape index (κ3) is 3.83. The number of fused-ring (bicyclic) bond motifs is 2. The van der Waals surface area contributed by atoms with Gasteiger partial charge in [0.2, 0.25) is 0 Å². The minimum atomic E-state index is 0.115. The SMILES string of the molecule is Cc1ccc2nc(-n3cncn3)c(C3CC(c4ccccc4)=Nc4ccccc4S3)cc2c1. The van der Waals surface area contributed by atoms with Crippen LogP contribution in [0.3, 0.4) is 0 Å². The summed E-state index contributed by atoms with van der Waals surface area (Å²) in [4.78, 5) is 15.5. The fraction of sp³-hybridized carbons (Fsp3) is 0.111. The fourth-order valence-electron chi connectivity index (χ4n) is 4.24. The van der Waals surface area contributed by atoms with E-state index in [9.17, 15) is 0 Å². The maximum atomic E-state index is 5.09. The number of aromatic nitrogens is 4. The van der Waals surface area contributed by atoms with Crippen molar-refractivity contribution in [1.82, 2.24) is 19.7 Å². The number of benzene rings is 3. The van der Waals surface area contributed by atoms with Gasteiger partial charge in [0, 0.05) is 33.2 Å². The van der Waals surface area contributed by atoms with E-state index in [4.69, 9.17) is 9.98 Å². The van der Waals surface area contributed by atoms with Crippen molar-refractivity contribution in [3.8, 4) is 5.82 Å². The molecule has 0 bridgehead atoms. The summed E-state index contributed by atoms with van der Waals surface area (Å²) in [6.07, 6.45) is 4.05. The molecule has 3 heterocycles. The second-order valence-electron chi connectivity index (χ2n) is 8.14. The lowest BCUT2D eigenvalue weighted by Gasteiger charge is -2.20. The molecule has 1 aliphatic heterocycles. The molecule has 1 unspecified atom stereocenters. The average Bonchev–Trinajstić information content (AvgIpc) is 3.31. The standard InChI is InChI=1S/C27H21N5S/c1-18-11-12-22-20(13-18)14-21(27(31-22)32-17-28-16-29-32)26-15-24(19-7-3-2-4-8-19)30-23-9-5-6-10-25(23)33-26/h2-14,16-17,26H,15H2,1H3. The van der Waals surface area contributed by atoms with Crippen LogP contribution >= 0.6 is 11.8 Å². The van der Waals surface area contributed by atoms with Crippen LogP contribution in [0, 0.1) is 6.92 Å². The van der Waals surface area contributed by atoms with Gasteiger partial charge in [-0.15, -0.1) is 11.8 Å².